The number of hydrogen-bond acceptors (Lipinski definition) is 8. The Morgan fingerprint density at radius 2 is 1.92 bits per heavy atom. The van der Waals surface area contributed by atoms with Crippen LogP contribution in [0.4, 0.5) is 0 Å². The molecule has 0 aliphatic carbocycles. The van der Waals surface area contributed by atoms with Crippen LogP contribution in [0.2, 0.25) is 0 Å². The number of oxime groups is 1. The number of pyridine rings is 2. The Morgan fingerprint density at radius 3 is 2.70 bits per heavy atom. The first-order valence-electron chi connectivity index (χ1n) is 11.8. The minimum absolute atomic E-state index is 0.0599. The molecule has 6 rings (SSSR count). The number of aliphatic hydroxyl groups is 1. The lowest BCUT2D eigenvalue weighted by Gasteiger charge is -2.31. The molecular weight excluding hydrogens is 474 g/mol. The van der Waals surface area contributed by atoms with Crippen molar-refractivity contribution in [2.45, 2.75) is 32.1 Å². The molecule has 0 radical (unpaired) electrons. The van der Waals surface area contributed by atoms with Crippen LogP contribution >= 0.6 is 0 Å². The molecule has 4 heterocycles. The summed E-state index contributed by atoms with van der Waals surface area (Å²) in [6.07, 6.45) is 1.51. The maximum absolute atomic E-state index is 13.5. The van der Waals surface area contributed by atoms with Gasteiger partial charge in [0.15, 0.2) is 5.60 Å². The summed E-state index contributed by atoms with van der Waals surface area (Å²) in [5.41, 5.74) is 1.65. The first kappa shape index (κ1) is 22.8. The van der Waals surface area contributed by atoms with Gasteiger partial charge in [-0.1, -0.05) is 48.5 Å². The van der Waals surface area contributed by atoms with E-state index in [1.807, 2.05) is 24.3 Å². The highest BCUT2D eigenvalue weighted by Gasteiger charge is 2.45. The fourth-order valence-corrected chi connectivity index (χ4v) is 4.96. The van der Waals surface area contributed by atoms with E-state index in [0.29, 0.717) is 33.6 Å². The Labute approximate surface area is 210 Å². The van der Waals surface area contributed by atoms with E-state index in [2.05, 4.69) is 5.16 Å². The molecule has 2 aliphatic heterocycles. The molecule has 0 amide bonds. The van der Waals surface area contributed by atoms with Crippen LogP contribution in [0, 0.1) is 0 Å². The third-order valence-electron chi connectivity index (χ3n) is 6.97. The van der Waals surface area contributed by atoms with Gasteiger partial charge in [-0.15, -0.1) is 0 Å². The number of fused-ring (bicyclic) bond motifs is 5. The number of carbonyl (C=O) groups excluding carboxylic acids is 2. The molecule has 0 saturated carbocycles. The molecule has 9 nitrogen and oxygen atoms in total. The lowest BCUT2D eigenvalue weighted by atomic mass is 9.86. The van der Waals surface area contributed by atoms with Gasteiger partial charge in [0.1, 0.15) is 6.61 Å². The number of carbonyl (C=O) groups is 2. The number of nitrogens with zero attached hydrogens (tertiary/aromatic N) is 3. The second kappa shape index (κ2) is 8.49. The fraction of sp³-hybridized carbons (Fsp3) is 0.179. The van der Waals surface area contributed by atoms with Gasteiger partial charge in [-0.2, -0.15) is 0 Å². The summed E-state index contributed by atoms with van der Waals surface area (Å²) in [7, 11) is 0. The van der Waals surface area contributed by atoms with E-state index in [-0.39, 0.29) is 36.3 Å². The van der Waals surface area contributed by atoms with Crippen LogP contribution in [0.15, 0.2) is 70.6 Å². The number of esters is 1. The highest BCUT2D eigenvalue weighted by molar-refractivity contribution is 6.02. The minimum Gasteiger partial charge on any atom is -0.458 e. The number of benzene rings is 2. The molecule has 0 spiro atoms. The molecule has 184 valence electrons. The Kier molecular flexibility index (Phi) is 5.24. The molecule has 0 bridgehead atoms. The van der Waals surface area contributed by atoms with Gasteiger partial charge in [0.05, 0.1) is 40.8 Å². The lowest BCUT2D eigenvalue weighted by molar-refractivity contribution is -0.172. The van der Waals surface area contributed by atoms with Gasteiger partial charge < -0.3 is 19.2 Å². The molecule has 37 heavy (non-hydrogen) atoms. The number of para-hydroxylation sites is 1. The average Bonchev–Trinajstić information content (AvgIpc) is 3.30. The third kappa shape index (κ3) is 3.47. The molecule has 2 aliphatic rings. The first-order chi connectivity index (χ1) is 17.9. The third-order valence-corrected chi connectivity index (χ3v) is 6.97. The predicted octanol–water partition coefficient (Wildman–Crippen LogP) is 3.27. The van der Waals surface area contributed by atoms with Gasteiger partial charge in [0.25, 0.3) is 5.56 Å². The van der Waals surface area contributed by atoms with Gasteiger partial charge in [-0.25, -0.2) is 14.6 Å². The van der Waals surface area contributed by atoms with Crippen LogP contribution in [-0.4, -0.2) is 32.8 Å². The van der Waals surface area contributed by atoms with E-state index in [1.165, 1.54) is 6.21 Å². The fourth-order valence-electron chi connectivity index (χ4n) is 4.96. The second-order valence-corrected chi connectivity index (χ2v) is 8.95. The molecule has 0 fully saturated rings. The zero-order valence-electron chi connectivity index (χ0n) is 19.8. The molecule has 4 aromatic rings. The van der Waals surface area contributed by atoms with Crippen LogP contribution in [0.25, 0.3) is 22.3 Å². The number of ether oxygens (including phenoxy) is 1. The highest BCUT2D eigenvalue weighted by atomic mass is 16.7. The van der Waals surface area contributed by atoms with E-state index in [0.717, 1.165) is 5.39 Å². The van der Waals surface area contributed by atoms with E-state index >= 15 is 0 Å². The Morgan fingerprint density at radius 1 is 1.16 bits per heavy atom. The van der Waals surface area contributed by atoms with E-state index < -0.39 is 17.5 Å². The largest absolute Gasteiger partial charge is 0.458 e. The van der Waals surface area contributed by atoms with Gasteiger partial charge in [-0.05, 0) is 30.7 Å². The van der Waals surface area contributed by atoms with E-state index in [9.17, 15) is 19.5 Å². The van der Waals surface area contributed by atoms with Crippen molar-refractivity contribution in [3.63, 3.8) is 0 Å². The molecule has 0 unspecified atom stereocenters. The standard InChI is InChI=1S/C28H21N3O6/c1-2-28(35)21-12-23-24-19(14-31(23)25(32)20(21)15-36-27(28)34)18(17-10-6-7-11-22(17)30-24)13-29-37-26(33)16-8-4-3-5-9-16/h3-13,35H,2,14-15H2,1H3/t28-/m0/s1. The van der Waals surface area contributed by atoms with Crippen molar-refractivity contribution in [3.8, 4) is 11.4 Å². The monoisotopic (exact) mass is 495 g/mol. The molecular formula is C28H21N3O6. The second-order valence-electron chi connectivity index (χ2n) is 8.95. The summed E-state index contributed by atoms with van der Waals surface area (Å²) in [4.78, 5) is 48.2. The molecule has 1 N–H and O–H groups in total. The van der Waals surface area contributed by atoms with E-state index in [1.54, 1.807) is 47.9 Å². The van der Waals surface area contributed by atoms with Gasteiger partial charge in [-0.3, -0.25) is 4.79 Å². The Balaban J connectivity index is 1.49. The van der Waals surface area contributed by atoms with Crippen LogP contribution < -0.4 is 5.56 Å². The quantitative estimate of drug-likeness (QED) is 0.176. The maximum atomic E-state index is 13.5. The van der Waals surface area contributed by atoms with Crippen LogP contribution in [-0.2, 0) is 33.1 Å². The topological polar surface area (TPSA) is 120 Å². The molecule has 2 aromatic carbocycles. The number of rotatable bonds is 4. The maximum Gasteiger partial charge on any atom is 0.365 e. The van der Waals surface area contributed by atoms with Crippen molar-refractivity contribution in [2.75, 3.05) is 0 Å². The van der Waals surface area contributed by atoms with Crippen LogP contribution in [0.1, 0.15) is 46.0 Å². The summed E-state index contributed by atoms with van der Waals surface area (Å²) < 4.78 is 6.69. The Bertz CT molecular complexity index is 1690. The van der Waals surface area contributed by atoms with Crippen molar-refractivity contribution in [2.24, 2.45) is 5.16 Å². The summed E-state index contributed by atoms with van der Waals surface area (Å²) in [5.74, 6) is -1.37. The zero-order chi connectivity index (χ0) is 25.7. The Hall–Kier alpha value is -4.63. The van der Waals surface area contributed by atoms with Crippen LogP contribution in [0.3, 0.4) is 0 Å². The highest BCUT2D eigenvalue weighted by Crippen LogP contribution is 2.39. The summed E-state index contributed by atoms with van der Waals surface area (Å²) in [5, 5.41) is 15.8. The average molecular weight is 495 g/mol. The molecule has 0 saturated heterocycles. The number of hydrogen-bond donors (Lipinski definition) is 1. The van der Waals surface area contributed by atoms with Crippen molar-refractivity contribution in [1.29, 1.82) is 0 Å². The smallest absolute Gasteiger partial charge is 0.365 e. The number of aromatic nitrogens is 2. The summed E-state index contributed by atoms with van der Waals surface area (Å²) in [6, 6.07) is 17.6. The normalized spacial score (nSPS) is 17.8. The lowest BCUT2D eigenvalue weighted by Crippen LogP contribution is -2.44. The summed E-state index contributed by atoms with van der Waals surface area (Å²) >= 11 is 0. The SMILES string of the molecule is CC[C@@]1(O)C(=O)OCc2c1cc1n(c2=O)Cc2c-1nc1ccccc1c2C=NOC(=O)c1ccccc1. The molecule has 2 aromatic heterocycles. The minimum atomic E-state index is -1.90. The molecule has 1 atom stereocenters. The molecule has 9 heteroatoms. The number of cyclic esters (lactones) is 1. The summed E-state index contributed by atoms with van der Waals surface area (Å²) in [6.45, 7) is 1.65. The van der Waals surface area contributed by atoms with Crippen molar-refractivity contribution >= 4 is 29.1 Å². The van der Waals surface area contributed by atoms with Crippen molar-refractivity contribution in [3.05, 3.63) is 98.8 Å². The van der Waals surface area contributed by atoms with Crippen molar-refractivity contribution in [1.82, 2.24) is 9.55 Å². The van der Waals surface area contributed by atoms with E-state index in [4.69, 9.17) is 14.6 Å². The zero-order valence-corrected chi connectivity index (χ0v) is 19.8. The first-order valence-corrected chi connectivity index (χ1v) is 11.8. The predicted molar refractivity (Wildman–Crippen MR) is 134 cm³/mol. The van der Waals surface area contributed by atoms with Gasteiger partial charge in [0.2, 0.25) is 0 Å². The van der Waals surface area contributed by atoms with Crippen molar-refractivity contribution < 1.29 is 24.3 Å². The van der Waals surface area contributed by atoms with Gasteiger partial charge >= 0.3 is 11.9 Å². The van der Waals surface area contributed by atoms with Crippen LogP contribution in [0.5, 0.6) is 0 Å². The van der Waals surface area contributed by atoms with Gasteiger partial charge in [0, 0.05) is 22.1 Å².